The number of hydrogen-bond acceptors (Lipinski definition) is 3. The molecule has 0 amide bonds. The Morgan fingerprint density at radius 3 is 2.64 bits per heavy atom. The molecule has 0 radical (unpaired) electrons. The Morgan fingerprint density at radius 2 is 1.92 bits per heavy atom. The molecule has 0 atom stereocenters. The zero-order valence-corrected chi connectivity index (χ0v) is 15.7. The van der Waals surface area contributed by atoms with Gasteiger partial charge in [0, 0.05) is 23.7 Å². The van der Waals surface area contributed by atoms with Gasteiger partial charge in [-0.15, -0.1) is 0 Å². The summed E-state index contributed by atoms with van der Waals surface area (Å²) in [4.78, 5) is 0. The third kappa shape index (κ3) is 4.90. The number of hydrogen-bond donors (Lipinski definition) is 1. The number of ether oxygens (including phenoxy) is 2. The molecule has 3 nitrogen and oxygen atoms in total. The van der Waals surface area contributed by atoms with Crippen LogP contribution in [-0.4, -0.2) is 13.2 Å². The highest BCUT2D eigenvalue weighted by atomic mass is 35.5. The summed E-state index contributed by atoms with van der Waals surface area (Å²) in [5.41, 5.74) is 3.40. The maximum absolute atomic E-state index is 6.48. The van der Waals surface area contributed by atoms with Gasteiger partial charge in [-0.05, 0) is 37.0 Å². The number of nitrogens with one attached hydrogen (secondary N) is 1. The van der Waals surface area contributed by atoms with Crippen LogP contribution in [0.2, 0.25) is 5.02 Å². The van der Waals surface area contributed by atoms with E-state index in [1.54, 1.807) is 7.11 Å². The van der Waals surface area contributed by atoms with Gasteiger partial charge in [-0.1, -0.05) is 54.3 Å². The maximum atomic E-state index is 6.48. The molecular formula is C21H26ClNO2. The number of rotatable bonds is 7. The summed E-state index contributed by atoms with van der Waals surface area (Å²) in [5.74, 6) is 1.40. The van der Waals surface area contributed by atoms with Crippen molar-refractivity contribution in [3.05, 3.63) is 58.1 Å². The quantitative estimate of drug-likeness (QED) is 0.730. The van der Waals surface area contributed by atoms with E-state index in [-0.39, 0.29) is 0 Å². The smallest absolute Gasteiger partial charge is 0.163 e. The highest BCUT2D eigenvalue weighted by Crippen LogP contribution is 2.34. The number of methoxy groups -OCH3 is 1. The summed E-state index contributed by atoms with van der Waals surface area (Å²) in [5, 5.41) is 4.31. The van der Waals surface area contributed by atoms with Gasteiger partial charge in [-0.2, -0.15) is 0 Å². The average Bonchev–Trinajstić information content (AvgIpc) is 3.12. The van der Waals surface area contributed by atoms with E-state index < -0.39 is 0 Å². The van der Waals surface area contributed by atoms with Gasteiger partial charge in [-0.25, -0.2) is 0 Å². The maximum Gasteiger partial charge on any atom is 0.163 e. The fourth-order valence-electron chi connectivity index (χ4n) is 3.33. The van der Waals surface area contributed by atoms with Gasteiger partial charge in [0.1, 0.15) is 6.61 Å². The number of benzene rings is 2. The van der Waals surface area contributed by atoms with Gasteiger partial charge in [0.2, 0.25) is 0 Å². The second kappa shape index (κ2) is 8.59. The van der Waals surface area contributed by atoms with Crippen LogP contribution < -0.4 is 14.8 Å². The van der Waals surface area contributed by atoms with Crippen molar-refractivity contribution in [1.82, 2.24) is 5.32 Å². The summed E-state index contributed by atoms with van der Waals surface area (Å²) < 4.78 is 11.5. The third-order valence-corrected chi connectivity index (χ3v) is 5.10. The molecule has 0 aliphatic heterocycles. The predicted octanol–water partition coefficient (Wildman–Crippen LogP) is 5.27. The molecule has 0 aromatic heterocycles. The molecule has 0 spiro atoms. The monoisotopic (exact) mass is 359 g/mol. The Morgan fingerprint density at radius 1 is 1.12 bits per heavy atom. The average molecular weight is 360 g/mol. The lowest BCUT2D eigenvalue weighted by atomic mass is 10.1. The lowest BCUT2D eigenvalue weighted by Crippen LogP contribution is -2.25. The van der Waals surface area contributed by atoms with Crippen molar-refractivity contribution in [2.45, 2.75) is 51.8 Å². The van der Waals surface area contributed by atoms with E-state index in [1.807, 2.05) is 18.2 Å². The standard InChI is InChI=1S/C21H26ClNO2/c1-15-6-5-7-16(10-15)14-25-21-12-19(22)17(11-20(21)24-2)13-23-18-8-3-4-9-18/h5-7,10-12,18,23H,3-4,8-9,13-14H2,1-2H3. The Bertz CT molecular complexity index is 711. The molecule has 0 saturated heterocycles. The molecule has 3 rings (SSSR count). The predicted molar refractivity (Wildman–Crippen MR) is 103 cm³/mol. The minimum atomic E-state index is 0.494. The van der Waals surface area contributed by atoms with Crippen LogP contribution in [-0.2, 0) is 13.2 Å². The van der Waals surface area contributed by atoms with Crippen LogP contribution in [0, 0.1) is 6.92 Å². The second-order valence-electron chi connectivity index (χ2n) is 6.73. The van der Waals surface area contributed by atoms with Crippen LogP contribution in [0.25, 0.3) is 0 Å². The molecule has 0 bridgehead atoms. The van der Waals surface area contributed by atoms with Gasteiger partial charge in [0.05, 0.1) is 7.11 Å². The first-order valence-corrected chi connectivity index (χ1v) is 9.31. The van der Waals surface area contributed by atoms with Crippen LogP contribution in [0.3, 0.4) is 0 Å². The van der Waals surface area contributed by atoms with Crippen LogP contribution in [0.5, 0.6) is 11.5 Å². The van der Waals surface area contributed by atoms with E-state index in [4.69, 9.17) is 21.1 Å². The van der Waals surface area contributed by atoms with Gasteiger partial charge in [0.25, 0.3) is 0 Å². The summed E-state index contributed by atoms with van der Waals surface area (Å²) in [7, 11) is 1.66. The Hall–Kier alpha value is -1.71. The normalized spacial score (nSPS) is 14.7. The highest BCUT2D eigenvalue weighted by molar-refractivity contribution is 6.31. The fraction of sp³-hybridized carbons (Fsp3) is 0.429. The second-order valence-corrected chi connectivity index (χ2v) is 7.14. The Labute approximate surface area is 155 Å². The van der Waals surface area contributed by atoms with Crippen LogP contribution in [0.15, 0.2) is 36.4 Å². The molecule has 1 fully saturated rings. The van der Waals surface area contributed by atoms with Crippen molar-refractivity contribution in [2.75, 3.05) is 7.11 Å². The van der Waals surface area contributed by atoms with E-state index in [9.17, 15) is 0 Å². The summed E-state index contributed by atoms with van der Waals surface area (Å²) in [6.07, 6.45) is 5.15. The van der Waals surface area contributed by atoms with Crippen LogP contribution in [0.1, 0.15) is 42.4 Å². The first-order chi connectivity index (χ1) is 12.2. The van der Waals surface area contributed by atoms with Gasteiger partial charge < -0.3 is 14.8 Å². The van der Waals surface area contributed by atoms with E-state index >= 15 is 0 Å². The molecule has 0 unspecified atom stereocenters. The first-order valence-electron chi connectivity index (χ1n) is 8.94. The van der Waals surface area contributed by atoms with E-state index in [1.165, 1.54) is 31.2 Å². The first kappa shape index (κ1) is 18.1. The molecule has 2 aromatic carbocycles. The zero-order valence-electron chi connectivity index (χ0n) is 15.0. The molecule has 1 saturated carbocycles. The molecule has 1 aliphatic carbocycles. The van der Waals surface area contributed by atoms with Crippen molar-refractivity contribution in [2.24, 2.45) is 0 Å². The van der Waals surface area contributed by atoms with Crippen LogP contribution >= 0.6 is 11.6 Å². The molecule has 1 N–H and O–H groups in total. The summed E-state index contributed by atoms with van der Waals surface area (Å²) in [6.45, 7) is 3.33. The largest absolute Gasteiger partial charge is 0.493 e. The fourth-order valence-corrected chi connectivity index (χ4v) is 3.55. The molecule has 0 heterocycles. The molecule has 2 aromatic rings. The minimum absolute atomic E-state index is 0.494. The van der Waals surface area contributed by atoms with E-state index in [2.05, 4.69) is 30.4 Å². The topological polar surface area (TPSA) is 30.5 Å². The van der Waals surface area contributed by atoms with Crippen molar-refractivity contribution < 1.29 is 9.47 Å². The molecular weight excluding hydrogens is 334 g/mol. The van der Waals surface area contributed by atoms with Gasteiger partial charge in [0.15, 0.2) is 11.5 Å². The highest BCUT2D eigenvalue weighted by Gasteiger charge is 2.16. The minimum Gasteiger partial charge on any atom is -0.493 e. The zero-order chi connectivity index (χ0) is 17.6. The van der Waals surface area contributed by atoms with Crippen molar-refractivity contribution in [3.63, 3.8) is 0 Å². The lowest BCUT2D eigenvalue weighted by molar-refractivity contribution is 0.284. The lowest BCUT2D eigenvalue weighted by Gasteiger charge is -2.16. The summed E-state index contributed by atoms with van der Waals surface area (Å²) >= 11 is 6.48. The Balaban J connectivity index is 1.67. The summed E-state index contributed by atoms with van der Waals surface area (Å²) in [6, 6.07) is 12.7. The van der Waals surface area contributed by atoms with E-state index in [0.29, 0.717) is 23.4 Å². The van der Waals surface area contributed by atoms with Crippen molar-refractivity contribution in [3.8, 4) is 11.5 Å². The third-order valence-electron chi connectivity index (χ3n) is 4.75. The van der Waals surface area contributed by atoms with Gasteiger partial charge >= 0.3 is 0 Å². The molecule has 1 aliphatic rings. The number of aryl methyl sites for hydroxylation is 1. The van der Waals surface area contributed by atoms with E-state index in [0.717, 1.165) is 23.4 Å². The number of halogens is 1. The molecule has 25 heavy (non-hydrogen) atoms. The Kier molecular flexibility index (Phi) is 6.22. The molecule has 134 valence electrons. The van der Waals surface area contributed by atoms with Gasteiger partial charge in [-0.3, -0.25) is 0 Å². The SMILES string of the molecule is COc1cc(CNC2CCCC2)c(Cl)cc1OCc1cccc(C)c1. The molecule has 4 heteroatoms. The van der Waals surface area contributed by atoms with Crippen molar-refractivity contribution in [1.29, 1.82) is 0 Å². The van der Waals surface area contributed by atoms with Crippen LogP contribution in [0.4, 0.5) is 0 Å². The van der Waals surface area contributed by atoms with Crippen molar-refractivity contribution >= 4 is 11.6 Å².